The van der Waals surface area contributed by atoms with E-state index in [0.717, 1.165) is 12.0 Å². The fraction of sp³-hybridized carbons (Fsp3) is 0.571. The van der Waals surface area contributed by atoms with Crippen LogP contribution >= 0.6 is 0 Å². The molecular formula is C21H28F3N3O5. The van der Waals surface area contributed by atoms with Gasteiger partial charge in [-0.15, -0.1) is 0 Å². The molecule has 0 aromatic heterocycles. The minimum absolute atomic E-state index is 0.0385. The Hall–Kier alpha value is -2.66. The van der Waals surface area contributed by atoms with Gasteiger partial charge in [0.15, 0.2) is 11.6 Å². The fourth-order valence-electron chi connectivity index (χ4n) is 3.22. The number of benzene rings is 1. The van der Waals surface area contributed by atoms with E-state index in [4.69, 9.17) is 15.3 Å². The summed E-state index contributed by atoms with van der Waals surface area (Å²) in [6.45, 7) is 6.38. The summed E-state index contributed by atoms with van der Waals surface area (Å²) in [6, 6.07) is -0.836. The number of hydrogen-bond acceptors (Lipinski definition) is 6. The van der Waals surface area contributed by atoms with Gasteiger partial charge in [0.25, 0.3) is 5.91 Å². The maximum absolute atomic E-state index is 13.9. The standard InChI is InChI=1S/C21H28F3N3O5/c1-12(28)32-27-6-5-26(18(20(27)30)11-31-21(2,3)4)19(29)9-14(25)7-13-8-16(23)17(24)10-15(13)22/h8,10,14,18H,5-7,9,11,25H2,1-4H3/t14-,18-/m1/s1. The minimum atomic E-state index is -1.32. The van der Waals surface area contributed by atoms with Crippen LogP contribution in [0, 0.1) is 17.5 Å². The predicted molar refractivity (Wildman–Crippen MR) is 107 cm³/mol. The van der Waals surface area contributed by atoms with Gasteiger partial charge in [0.1, 0.15) is 11.9 Å². The molecule has 1 aromatic rings. The summed E-state index contributed by atoms with van der Waals surface area (Å²) >= 11 is 0. The zero-order valence-electron chi connectivity index (χ0n) is 18.5. The fourth-order valence-corrected chi connectivity index (χ4v) is 3.22. The SMILES string of the molecule is CC(=O)ON1CCN(C(=O)C[C@H](N)Cc2cc(F)c(F)cc2F)[C@H](COC(C)(C)C)C1=O. The van der Waals surface area contributed by atoms with E-state index in [1.807, 2.05) is 0 Å². The summed E-state index contributed by atoms with van der Waals surface area (Å²) in [7, 11) is 0. The smallest absolute Gasteiger partial charge is 0.329 e. The molecule has 1 fully saturated rings. The third kappa shape index (κ3) is 6.92. The second-order valence-electron chi connectivity index (χ2n) is 8.58. The van der Waals surface area contributed by atoms with Crippen LogP contribution in [0.1, 0.15) is 39.7 Å². The largest absolute Gasteiger partial charge is 0.373 e. The van der Waals surface area contributed by atoms with Gasteiger partial charge < -0.3 is 20.2 Å². The third-order valence-electron chi connectivity index (χ3n) is 4.69. The molecule has 0 aliphatic carbocycles. The first-order valence-corrected chi connectivity index (χ1v) is 10.1. The molecule has 1 saturated heterocycles. The quantitative estimate of drug-likeness (QED) is 0.623. The third-order valence-corrected chi connectivity index (χ3v) is 4.69. The van der Waals surface area contributed by atoms with Crippen molar-refractivity contribution in [3.05, 3.63) is 35.1 Å². The Morgan fingerprint density at radius 1 is 1.16 bits per heavy atom. The van der Waals surface area contributed by atoms with Crippen molar-refractivity contribution in [1.82, 2.24) is 9.96 Å². The minimum Gasteiger partial charge on any atom is -0.373 e. The summed E-state index contributed by atoms with van der Waals surface area (Å²) in [4.78, 5) is 43.1. The Balaban J connectivity index is 2.11. The molecular weight excluding hydrogens is 431 g/mol. The molecule has 11 heteroatoms. The van der Waals surface area contributed by atoms with Crippen molar-refractivity contribution in [3.63, 3.8) is 0 Å². The first-order valence-electron chi connectivity index (χ1n) is 10.1. The number of carbonyl (C=O) groups excluding carboxylic acids is 3. The zero-order chi connectivity index (χ0) is 24.2. The molecule has 2 N–H and O–H groups in total. The molecule has 0 radical (unpaired) electrons. The number of hydrogen-bond donors (Lipinski definition) is 1. The van der Waals surface area contributed by atoms with Gasteiger partial charge in [-0.2, -0.15) is 5.06 Å². The van der Waals surface area contributed by atoms with E-state index in [-0.39, 0.29) is 38.1 Å². The van der Waals surface area contributed by atoms with Gasteiger partial charge >= 0.3 is 5.97 Å². The van der Waals surface area contributed by atoms with Crippen LogP contribution in [0.4, 0.5) is 13.2 Å². The Morgan fingerprint density at radius 2 is 1.78 bits per heavy atom. The summed E-state index contributed by atoms with van der Waals surface area (Å²) < 4.78 is 46.1. The lowest BCUT2D eigenvalue weighted by atomic mass is 10.0. The number of rotatable bonds is 7. The molecule has 2 rings (SSSR count). The van der Waals surface area contributed by atoms with Gasteiger partial charge in [-0.25, -0.2) is 13.2 Å². The van der Waals surface area contributed by atoms with Crippen LogP contribution in [0.3, 0.4) is 0 Å². The first kappa shape index (κ1) is 25.6. The summed E-state index contributed by atoms with van der Waals surface area (Å²) in [5.41, 5.74) is 5.20. The maximum atomic E-state index is 13.9. The number of nitrogens with zero attached hydrogens (tertiary/aromatic N) is 2. The van der Waals surface area contributed by atoms with E-state index in [1.54, 1.807) is 20.8 Å². The van der Waals surface area contributed by atoms with Crippen LogP contribution in [0.15, 0.2) is 12.1 Å². The highest BCUT2D eigenvalue weighted by Gasteiger charge is 2.40. The van der Waals surface area contributed by atoms with E-state index < -0.39 is 52.9 Å². The van der Waals surface area contributed by atoms with Gasteiger partial charge in [-0.3, -0.25) is 14.4 Å². The van der Waals surface area contributed by atoms with Crippen LogP contribution in [-0.2, 0) is 30.4 Å². The lowest BCUT2D eigenvalue weighted by Gasteiger charge is -2.40. The van der Waals surface area contributed by atoms with Crippen molar-refractivity contribution in [3.8, 4) is 0 Å². The van der Waals surface area contributed by atoms with Crippen molar-refractivity contribution in [2.45, 2.75) is 58.2 Å². The Bertz CT molecular complexity index is 875. The summed E-state index contributed by atoms with van der Waals surface area (Å²) in [5, 5.41) is 0.888. The van der Waals surface area contributed by atoms with E-state index in [1.165, 1.54) is 4.90 Å². The monoisotopic (exact) mass is 459 g/mol. The van der Waals surface area contributed by atoms with E-state index in [9.17, 15) is 27.6 Å². The van der Waals surface area contributed by atoms with Gasteiger partial charge in [-0.1, -0.05) is 0 Å². The number of piperazine rings is 1. The van der Waals surface area contributed by atoms with Crippen LogP contribution < -0.4 is 5.73 Å². The number of amides is 2. The van der Waals surface area contributed by atoms with Crippen molar-refractivity contribution >= 4 is 17.8 Å². The molecule has 8 nitrogen and oxygen atoms in total. The number of halogens is 3. The molecule has 0 saturated carbocycles. The number of ether oxygens (including phenoxy) is 1. The molecule has 32 heavy (non-hydrogen) atoms. The van der Waals surface area contributed by atoms with E-state index in [0.29, 0.717) is 12.1 Å². The molecule has 1 heterocycles. The topological polar surface area (TPSA) is 102 Å². The number of carbonyl (C=O) groups is 3. The Labute approximate surface area is 184 Å². The number of hydroxylamine groups is 2. The lowest BCUT2D eigenvalue weighted by Crippen LogP contribution is -2.61. The Kier molecular flexibility index (Phi) is 8.24. The highest BCUT2D eigenvalue weighted by molar-refractivity contribution is 5.89. The Morgan fingerprint density at radius 3 is 2.38 bits per heavy atom. The van der Waals surface area contributed by atoms with Crippen molar-refractivity contribution in [1.29, 1.82) is 0 Å². The highest BCUT2D eigenvalue weighted by Crippen LogP contribution is 2.19. The molecule has 178 valence electrons. The van der Waals surface area contributed by atoms with Gasteiger partial charge in [0, 0.05) is 32.0 Å². The van der Waals surface area contributed by atoms with Crippen LogP contribution in [0.2, 0.25) is 0 Å². The molecule has 2 amide bonds. The maximum Gasteiger partial charge on any atom is 0.329 e. The first-order chi connectivity index (χ1) is 14.8. The van der Waals surface area contributed by atoms with E-state index >= 15 is 0 Å². The number of nitrogens with two attached hydrogens (primary N) is 1. The second kappa shape index (κ2) is 10.3. The molecule has 1 aliphatic rings. The highest BCUT2D eigenvalue weighted by atomic mass is 19.2. The lowest BCUT2D eigenvalue weighted by molar-refractivity contribution is -0.210. The van der Waals surface area contributed by atoms with Crippen molar-refractivity contribution in [2.24, 2.45) is 5.73 Å². The predicted octanol–water partition coefficient (Wildman–Crippen LogP) is 1.70. The van der Waals surface area contributed by atoms with E-state index in [2.05, 4.69) is 0 Å². The average molecular weight is 459 g/mol. The molecule has 1 aliphatic heterocycles. The van der Waals surface area contributed by atoms with Gasteiger partial charge in [-0.05, 0) is 38.8 Å². The van der Waals surface area contributed by atoms with Gasteiger partial charge in [0.2, 0.25) is 5.91 Å². The molecule has 0 unspecified atom stereocenters. The molecule has 2 atom stereocenters. The average Bonchev–Trinajstić information content (AvgIpc) is 2.65. The van der Waals surface area contributed by atoms with Crippen LogP contribution in [-0.4, -0.2) is 65.1 Å². The van der Waals surface area contributed by atoms with Crippen LogP contribution in [0.25, 0.3) is 0 Å². The zero-order valence-corrected chi connectivity index (χ0v) is 18.5. The molecule has 0 spiro atoms. The van der Waals surface area contributed by atoms with Crippen molar-refractivity contribution in [2.75, 3.05) is 19.7 Å². The second-order valence-corrected chi connectivity index (χ2v) is 8.58. The van der Waals surface area contributed by atoms with Crippen molar-refractivity contribution < 1.29 is 37.1 Å². The van der Waals surface area contributed by atoms with Gasteiger partial charge in [0.05, 0.1) is 18.8 Å². The molecule has 0 bridgehead atoms. The molecule has 1 aromatic carbocycles. The van der Waals surface area contributed by atoms with Crippen LogP contribution in [0.5, 0.6) is 0 Å². The summed E-state index contributed by atoms with van der Waals surface area (Å²) in [5.74, 6) is -5.30. The summed E-state index contributed by atoms with van der Waals surface area (Å²) in [6.07, 6.45) is -0.482. The normalized spacial score (nSPS) is 18.0.